The molecule has 4 nitrogen and oxygen atoms in total. The van der Waals surface area contributed by atoms with Gasteiger partial charge in [0.2, 0.25) is 0 Å². The van der Waals surface area contributed by atoms with Gasteiger partial charge in [0.15, 0.2) is 4.96 Å². The van der Waals surface area contributed by atoms with Gasteiger partial charge in [0.25, 0.3) is 0 Å². The first-order valence-electron chi connectivity index (χ1n) is 7.82. The van der Waals surface area contributed by atoms with Gasteiger partial charge in [-0.3, -0.25) is 4.40 Å². The molecular weight excluding hydrogens is 389 g/mol. The van der Waals surface area contributed by atoms with Crippen molar-refractivity contribution in [1.82, 2.24) is 9.38 Å². The van der Waals surface area contributed by atoms with Crippen LogP contribution < -0.4 is 0 Å². The molecule has 0 unspecified atom stereocenters. The second-order valence-corrected chi connectivity index (χ2v) is 7.23. The lowest BCUT2D eigenvalue weighted by molar-refractivity contribution is 0.132. The molecule has 7 heteroatoms. The van der Waals surface area contributed by atoms with E-state index in [2.05, 4.69) is 5.16 Å². The summed E-state index contributed by atoms with van der Waals surface area (Å²) >= 11 is 13.6. The Morgan fingerprint density at radius 2 is 2.00 bits per heavy atom. The predicted molar refractivity (Wildman–Crippen MR) is 107 cm³/mol. The Balaban J connectivity index is 1.58. The maximum atomic E-state index is 6.15. The molecule has 2 aromatic heterocycles. The van der Waals surface area contributed by atoms with E-state index in [0.717, 1.165) is 27.5 Å². The van der Waals surface area contributed by atoms with Crippen LogP contribution in [0.25, 0.3) is 16.2 Å². The topological polar surface area (TPSA) is 38.9 Å². The van der Waals surface area contributed by atoms with Crippen LogP contribution in [0, 0.1) is 0 Å². The number of rotatable bonds is 5. The van der Waals surface area contributed by atoms with E-state index in [1.54, 1.807) is 29.7 Å². The first kappa shape index (κ1) is 17.1. The minimum absolute atomic E-state index is 0.263. The summed E-state index contributed by atoms with van der Waals surface area (Å²) in [4.78, 5) is 11.0. The average Bonchev–Trinajstić information content (AvgIpc) is 3.23. The lowest BCUT2D eigenvalue weighted by atomic mass is 10.1. The molecule has 2 heterocycles. The molecule has 0 aliphatic heterocycles. The second kappa shape index (κ2) is 7.50. The molecule has 130 valence electrons. The van der Waals surface area contributed by atoms with Gasteiger partial charge >= 0.3 is 0 Å². The SMILES string of the molecule is Clc1ccc(CO/N=C/c2c(-c3ccccc3)nc3sccn23)c(Cl)c1. The number of hydrogen-bond acceptors (Lipinski definition) is 4. The molecule has 0 amide bonds. The van der Waals surface area contributed by atoms with Crippen LogP contribution in [0.2, 0.25) is 10.0 Å². The Labute approximate surface area is 164 Å². The summed E-state index contributed by atoms with van der Waals surface area (Å²) in [7, 11) is 0. The molecule has 0 saturated carbocycles. The largest absolute Gasteiger partial charge is 0.391 e. The summed E-state index contributed by atoms with van der Waals surface area (Å²) in [6.07, 6.45) is 3.65. The van der Waals surface area contributed by atoms with E-state index in [0.29, 0.717) is 10.0 Å². The third-order valence-electron chi connectivity index (χ3n) is 3.83. The Kier molecular flexibility index (Phi) is 4.93. The molecule has 0 aliphatic rings. The van der Waals surface area contributed by atoms with Gasteiger partial charge in [-0.05, 0) is 12.1 Å². The zero-order chi connectivity index (χ0) is 17.9. The molecule has 0 fully saturated rings. The number of benzene rings is 2. The van der Waals surface area contributed by atoms with Crippen LogP contribution in [-0.4, -0.2) is 15.6 Å². The number of thiazole rings is 1. The lowest BCUT2D eigenvalue weighted by Crippen LogP contribution is -1.94. The van der Waals surface area contributed by atoms with Crippen molar-refractivity contribution >= 4 is 45.7 Å². The molecule has 0 radical (unpaired) electrons. The summed E-state index contributed by atoms with van der Waals surface area (Å²) in [6.45, 7) is 0.263. The van der Waals surface area contributed by atoms with Crippen molar-refractivity contribution in [2.45, 2.75) is 6.61 Å². The summed E-state index contributed by atoms with van der Waals surface area (Å²) in [5, 5.41) is 7.25. The summed E-state index contributed by atoms with van der Waals surface area (Å²) in [6, 6.07) is 15.3. The molecule has 0 saturated heterocycles. The highest BCUT2D eigenvalue weighted by Crippen LogP contribution is 2.26. The molecular formula is C19H13Cl2N3OS. The third-order valence-corrected chi connectivity index (χ3v) is 5.17. The molecule has 0 atom stereocenters. The first-order chi connectivity index (χ1) is 12.7. The van der Waals surface area contributed by atoms with Crippen molar-refractivity contribution in [3.63, 3.8) is 0 Å². The number of halogens is 2. The molecule has 26 heavy (non-hydrogen) atoms. The fourth-order valence-electron chi connectivity index (χ4n) is 2.57. The Bertz CT molecular complexity index is 1070. The molecule has 4 aromatic rings. The zero-order valence-corrected chi connectivity index (χ0v) is 15.8. The Morgan fingerprint density at radius 3 is 2.81 bits per heavy atom. The Hall–Kier alpha value is -2.34. The number of hydrogen-bond donors (Lipinski definition) is 0. The van der Waals surface area contributed by atoms with Gasteiger partial charge in [-0.15, -0.1) is 11.3 Å². The molecule has 0 N–H and O–H groups in total. The Morgan fingerprint density at radius 1 is 1.15 bits per heavy atom. The van der Waals surface area contributed by atoms with Crippen molar-refractivity contribution in [1.29, 1.82) is 0 Å². The standard InChI is InChI=1S/C19H13Cl2N3OS/c20-15-7-6-14(16(21)10-15)12-25-22-11-17-18(13-4-2-1-3-5-13)23-19-24(17)8-9-26-19/h1-11H,12H2/b22-11+. The highest BCUT2D eigenvalue weighted by Gasteiger charge is 2.13. The number of nitrogens with zero attached hydrogens (tertiary/aromatic N) is 3. The van der Waals surface area contributed by atoms with Crippen LogP contribution in [0.15, 0.2) is 65.3 Å². The molecule has 0 bridgehead atoms. The lowest BCUT2D eigenvalue weighted by Gasteiger charge is -2.03. The number of imidazole rings is 1. The van der Waals surface area contributed by atoms with Crippen molar-refractivity contribution < 1.29 is 4.84 Å². The average molecular weight is 402 g/mol. The molecule has 0 aliphatic carbocycles. The quantitative estimate of drug-likeness (QED) is 0.307. The van der Waals surface area contributed by atoms with E-state index in [1.807, 2.05) is 52.4 Å². The first-order valence-corrected chi connectivity index (χ1v) is 9.46. The van der Waals surface area contributed by atoms with Crippen LogP contribution in [0.4, 0.5) is 0 Å². The van der Waals surface area contributed by atoms with Gasteiger partial charge in [-0.2, -0.15) is 0 Å². The van der Waals surface area contributed by atoms with Gasteiger partial charge < -0.3 is 4.84 Å². The van der Waals surface area contributed by atoms with Crippen molar-refractivity contribution in [2.24, 2.45) is 5.16 Å². The number of aromatic nitrogens is 2. The van der Waals surface area contributed by atoms with Crippen LogP contribution >= 0.6 is 34.5 Å². The molecule has 2 aromatic carbocycles. The van der Waals surface area contributed by atoms with E-state index in [1.165, 1.54) is 0 Å². The van der Waals surface area contributed by atoms with Gasteiger partial charge in [-0.25, -0.2) is 4.98 Å². The second-order valence-electron chi connectivity index (χ2n) is 5.51. The number of oxime groups is 1. The van der Waals surface area contributed by atoms with Crippen molar-refractivity contribution in [3.05, 3.63) is 81.4 Å². The van der Waals surface area contributed by atoms with Crippen LogP contribution in [0.1, 0.15) is 11.3 Å². The smallest absolute Gasteiger partial charge is 0.194 e. The zero-order valence-electron chi connectivity index (χ0n) is 13.5. The highest BCUT2D eigenvalue weighted by atomic mass is 35.5. The van der Waals surface area contributed by atoms with Gasteiger partial charge in [0, 0.05) is 32.7 Å². The van der Waals surface area contributed by atoms with E-state index in [9.17, 15) is 0 Å². The van der Waals surface area contributed by atoms with Crippen LogP contribution in [0.5, 0.6) is 0 Å². The predicted octanol–water partition coefficient (Wildman–Crippen LogP) is 5.92. The minimum Gasteiger partial charge on any atom is -0.391 e. The van der Waals surface area contributed by atoms with E-state index in [4.69, 9.17) is 33.0 Å². The normalized spacial score (nSPS) is 11.5. The maximum Gasteiger partial charge on any atom is 0.194 e. The fraction of sp³-hybridized carbons (Fsp3) is 0.0526. The van der Waals surface area contributed by atoms with E-state index >= 15 is 0 Å². The molecule has 4 rings (SSSR count). The van der Waals surface area contributed by atoms with E-state index in [-0.39, 0.29) is 6.61 Å². The highest BCUT2D eigenvalue weighted by molar-refractivity contribution is 7.15. The van der Waals surface area contributed by atoms with E-state index < -0.39 is 0 Å². The van der Waals surface area contributed by atoms with Gasteiger partial charge in [0.1, 0.15) is 6.61 Å². The van der Waals surface area contributed by atoms with Gasteiger partial charge in [-0.1, -0.05) is 64.8 Å². The van der Waals surface area contributed by atoms with Crippen molar-refractivity contribution in [2.75, 3.05) is 0 Å². The third kappa shape index (κ3) is 3.46. The monoisotopic (exact) mass is 401 g/mol. The van der Waals surface area contributed by atoms with Crippen LogP contribution in [-0.2, 0) is 11.4 Å². The van der Waals surface area contributed by atoms with Crippen molar-refractivity contribution in [3.8, 4) is 11.3 Å². The fourth-order valence-corrected chi connectivity index (χ4v) is 3.75. The summed E-state index contributed by atoms with van der Waals surface area (Å²) in [5.41, 5.74) is 3.60. The molecule has 0 spiro atoms. The van der Waals surface area contributed by atoms with Crippen LogP contribution in [0.3, 0.4) is 0 Å². The number of fused-ring (bicyclic) bond motifs is 1. The maximum absolute atomic E-state index is 6.15. The summed E-state index contributed by atoms with van der Waals surface area (Å²) in [5.74, 6) is 0. The van der Waals surface area contributed by atoms with Gasteiger partial charge in [0.05, 0.1) is 17.6 Å². The minimum atomic E-state index is 0.263. The summed E-state index contributed by atoms with van der Waals surface area (Å²) < 4.78 is 2.00.